The van der Waals surface area contributed by atoms with Crippen LogP contribution < -0.4 is 5.32 Å². The lowest BCUT2D eigenvalue weighted by atomic mass is 10.2. The Morgan fingerprint density at radius 1 is 1.09 bits per heavy atom. The molecule has 0 bridgehead atoms. The smallest absolute Gasteiger partial charge is 0.338 e. The normalized spacial score (nSPS) is 10.1. The zero-order valence-electron chi connectivity index (χ0n) is 11.7. The Morgan fingerprint density at radius 3 is 2.41 bits per heavy atom. The second-order valence-corrected chi connectivity index (χ2v) is 4.60. The van der Waals surface area contributed by atoms with Gasteiger partial charge in [-0.3, -0.25) is 4.79 Å². The Labute approximate surface area is 125 Å². The first kappa shape index (κ1) is 15.6. The van der Waals surface area contributed by atoms with Crippen molar-refractivity contribution in [2.75, 3.05) is 11.9 Å². The van der Waals surface area contributed by atoms with Crippen LogP contribution in [0.15, 0.2) is 42.5 Å². The fourth-order valence-electron chi connectivity index (χ4n) is 1.67. The van der Waals surface area contributed by atoms with Crippen LogP contribution in [0.4, 0.5) is 14.5 Å². The molecule has 114 valence electrons. The van der Waals surface area contributed by atoms with E-state index in [1.54, 1.807) is 6.92 Å². The maximum absolute atomic E-state index is 13.3. The summed E-state index contributed by atoms with van der Waals surface area (Å²) in [5, 5.41) is 2.41. The topological polar surface area (TPSA) is 55.4 Å². The van der Waals surface area contributed by atoms with Crippen LogP contribution in [0.25, 0.3) is 0 Å². The van der Waals surface area contributed by atoms with Crippen molar-refractivity contribution in [2.24, 2.45) is 0 Å². The van der Waals surface area contributed by atoms with E-state index in [2.05, 4.69) is 5.32 Å². The van der Waals surface area contributed by atoms with Crippen LogP contribution in [0.1, 0.15) is 15.9 Å². The maximum Gasteiger partial charge on any atom is 0.338 e. The molecule has 0 saturated carbocycles. The second-order valence-electron chi connectivity index (χ2n) is 4.60. The van der Waals surface area contributed by atoms with Gasteiger partial charge in [0.1, 0.15) is 11.6 Å². The monoisotopic (exact) mass is 305 g/mol. The van der Waals surface area contributed by atoms with Crippen molar-refractivity contribution in [1.29, 1.82) is 0 Å². The number of carbonyl (C=O) groups is 2. The fourth-order valence-corrected chi connectivity index (χ4v) is 1.67. The molecule has 2 aromatic rings. The maximum atomic E-state index is 13.3. The molecule has 0 atom stereocenters. The number of esters is 1. The van der Waals surface area contributed by atoms with Crippen molar-refractivity contribution in [1.82, 2.24) is 0 Å². The second kappa shape index (κ2) is 6.80. The molecule has 0 heterocycles. The van der Waals surface area contributed by atoms with Gasteiger partial charge in [0, 0.05) is 5.69 Å². The molecule has 2 rings (SSSR count). The Kier molecular flexibility index (Phi) is 4.83. The lowest BCUT2D eigenvalue weighted by Gasteiger charge is -2.07. The predicted octanol–water partition coefficient (Wildman–Crippen LogP) is 3.07. The summed E-state index contributed by atoms with van der Waals surface area (Å²) in [5.41, 5.74) is 0.863. The molecule has 4 nitrogen and oxygen atoms in total. The molecule has 0 aliphatic heterocycles. The van der Waals surface area contributed by atoms with Crippen LogP contribution in [0, 0.1) is 18.6 Å². The summed E-state index contributed by atoms with van der Waals surface area (Å²) in [5.74, 6) is -2.26. The van der Waals surface area contributed by atoms with Crippen molar-refractivity contribution >= 4 is 17.6 Å². The van der Waals surface area contributed by atoms with E-state index in [0.29, 0.717) is 5.56 Å². The first-order valence-electron chi connectivity index (χ1n) is 6.44. The number of aryl methyl sites for hydroxylation is 1. The molecule has 0 aromatic heterocycles. The van der Waals surface area contributed by atoms with E-state index in [1.807, 2.05) is 0 Å². The van der Waals surface area contributed by atoms with Gasteiger partial charge in [0.05, 0.1) is 5.56 Å². The van der Waals surface area contributed by atoms with Crippen molar-refractivity contribution in [3.05, 3.63) is 65.2 Å². The Morgan fingerprint density at radius 2 is 1.77 bits per heavy atom. The number of amides is 1. The number of anilines is 1. The highest BCUT2D eigenvalue weighted by atomic mass is 19.1. The molecule has 0 unspecified atom stereocenters. The minimum absolute atomic E-state index is 0.135. The van der Waals surface area contributed by atoms with Gasteiger partial charge in [-0.15, -0.1) is 0 Å². The van der Waals surface area contributed by atoms with Gasteiger partial charge < -0.3 is 10.1 Å². The standard InChI is InChI=1S/C16H13F2NO3/c1-10-2-7-13(8-14(10)18)19-15(20)9-22-16(21)11-3-5-12(17)6-4-11/h2-8H,9H2,1H3,(H,19,20). The van der Waals surface area contributed by atoms with E-state index < -0.39 is 30.1 Å². The van der Waals surface area contributed by atoms with Gasteiger partial charge >= 0.3 is 5.97 Å². The van der Waals surface area contributed by atoms with Gasteiger partial charge in [0.15, 0.2) is 6.61 Å². The Balaban J connectivity index is 1.88. The molecule has 2 aromatic carbocycles. The number of hydrogen-bond donors (Lipinski definition) is 1. The van der Waals surface area contributed by atoms with E-state index in [0.717, 1.165) is 12.1 Å². The lowest BCUT2D eigenvalue weighted by molar-refractivity contribution is -0.119. The first-order valence-corrected chi connectivity index (χ1v) is 6.44. The summed E-state index contributed by atoms with van der Waals surface area (Å²) >= 11 is 0. The highest BCUT2D eigenvalue weighted by Gasteiger charge is 2.11. The van der Waals surface area contributed by atoms with Crippen LogP contribution in [0.3, 0.4) is 0 Å². The fraction of sp³-hybridized carbons (Fsp3) is 0.125. The van der Waals surface area contributed by atoms with E-state index >= 15 is 0 Å². The molecule has 1 N–H and O–H groups in total. The number of nitrogens with one attached hydrogen (secondary N) is 1. The Hall–Kier alpha value is -2.76. The zero-order chi connectivity index (χ0) is 16.1. The molecular formula is C16H13F2NO3. The van der Waals surface area contributed by atoms with Gasteiger partial charge in [0.25, 0.3) is 5.91 Å². The number of halogens is 2. The summed E-state index contributed by atoms with van der Waals surface area (Å²) in [6.07, 6.45) is 0. The Bertz CT molecular complexity index is 699. The third-order valence-corrected chi connectivity index (χ3v) is 2.87. The molecule has 0 radical (unpaired) electrons. The van der Waals surface area contributed by atoms with Crippen molar-refractivity contribution < 1.29 is 23.1 Å². The van der Waals surface area contributed by atoms with Gasteiger partial charge in [-0.05, 0) is 48.9 Å². The van der Waals surface area contributed by atoms with Gasteiger partial charge in [-0.1, -0.05) is 6.07 Å². The average molecular weight is 305 g/mol. The molecule has 0 aliphatic carbocycles. The quantitative estimate of drug-likeness (QED) is 0.883. The molecule has 22 heavy (non-hydrogen) atoms. The number of hydrogen-bond acceptors (Lipinski definition) is 3. The molecular weight excluding hydrogens is 292 g/mol. The SMILES string of the molecule is Cc1ccc(NC(=O)COC(=O)c2ccc(F)cc2)cc1F. The summed E-state index contributed by atoms with van der Waals surface area (Å²) in [6.45, 7) is 1.08. The molecule has 0 spiro atoms. The highest BCUT2D eigenvalue weighted by Crippen LogP contribution is 2.13. The number of carbonyl (C=O) groups excluding carboxylic acids is 2. The number of ether oxygens (including phenoxy) is 1. The molecule has 0 fully saturated rings. The summed E-state index contributed by atoms with van der Waals surface area (Å²) in [4.78, 5) is 23.3. The zero-order valence-corrected chi connectivity index (χ0v) is 11.7. The molecule has 0 aliphatic rings. The van der Waals surface area contributed by atoms with Crippen LogP contribution in [-0.4, -0.2) is 18.5 Å². The van der Waals surface area contributed by atoms with Gasteiger partial charge in [-0.25, -0.2) is 13.6 Å². The van der Waals surface area contributed by atoms with E-state index in [1.165, 1.54) is 30.3 Å². The number of rotatable bonds is 4. The van der Waals surface area contributed by atoms with Crippen LogP contribution in [-0.2, 0) is 9.53 Å². The van der Waals surface area contributed by atoms with Crippen LogP contribution in [0.2, 0.25) is 0 Å². The van der Waals surface area contributed by atoms with Crippen molar-refractivity contribution in [2.45, 2.75) is 6.92 Å². The molecule has 6 heteroatoms. The first-order chi connectivity index (χ1) is 10.5. The summed E-state index contributed by atoms with van der Waals surface area (Å²) in [6, 6.07) is 8.98. The minimum atomic E-state index is -0.745. The predicted molar refractivity (Wildman–Crippen MR) is 76.4 cm³/mol. The van der Waals surface area contributed by atoms with Gasteiger partial charge in [-0.2, -0.15) is 0 Å². The van der Waals surface area contributed by atoms with Crippen LogP contribution >= 0.6 is 0 Å². The molecule has 0 saturated heterocycles. The number of benzene rings is 2. The summed E-state index contributed by atoms with van der Waals surface area (Å²) in [7, 11) is 0. The highest BCUT2D eigenvalue weighted by molar-refractivity contribution is 5.95. The molecule has 1 amide bonds. The largest absolute Gasteiger partial charge is 0.452 e. The van der Waals surface area contributed by atoms with Gasteiger partial charge in [0.2, 0.25) is 0 Å². The van der Waals surface area contributed by atoms with E-state index in [4.69, 9.17) is 4.74 Å². The lowest BCUT2D eigenvalue weighted by Crippen LogP contribution is -2.21. The summed E-state index contributed by atoms with van der Waals surface area (Å²) < 4.78 is 30.8. The third-order valence-electron chi connectivity index (χ3n) is 2.87. The minimum Gasteiger partial charge on any atom is -0.452 e. The van der Waals surface area contributed by atoms with E-state index in [9.17, 15) is 18.4 Å². The third kappa shape index (κ3) is 4.12. The van der Waals surface area contributed by atoms with Crippen molar-refractivity contribution in [3.8, 4) is 0 Å². The average Bonchev–Trinajstić information content (AvgIpc) is 2.49. The van der Waals surface area contributed by atoms with Crippen molar-refractivity contribution in [3.63, 3.8) is 0 Å². The van der Waals surface area contributed by atoms with Crippen LogP contribution in [0.5, 0.6) is 0 Å². The van der Waals surface area contributed by atoms with E-state index in [-0.39, 0.29) is 11.3 Å².